The fraction of sp³-hybridized carbons (Fsp3) is 0.0476. The summed E-state index contributed by atoms with van der Waals surface area (Å²) < 4.78 is 6.81. The standard InChI is InChI=1S/C21H14ClIN2O2/c1-12-14(21-25-18-6-2-3-8-19(18)27-21)5-4-7-17(12)24-20(26)15-11-13(23)9-10-16(15)22/h2-11H,1H3,(H,24,26). The molecule has 1 aromatic heterocycles. The third-order valence-corrected chi connectivity index (χ3v) is 5.28. The van der Waals surface area contributed by atoms with Crippen LogP contribution in [0.5, 0.6) is 0 Å². The highest BCUT2D eigenvalue weighted by Gasteiger charge is 2.16. The normalized spacial score (nSPS) is 10.9. The number of hydrogen-bond donors (Lipinski definition) is 1. The number of aromatic nitrogens is 1. The molecule has 27 heavy (non-hydrogen) atoms. The summed E-state index contributed by atoms with van der Waals surface area (Å²) in [5, 5.41) is 3.36. The number of rotatable bonds is 3. The van der Waals surface area contributed by atoms with Crippen LogP contribution in [-0.4, -0.2) is 10.9 Å². The van der Waals surface area contributed by atoms with Gasteiger partial charge < -0.3 is 9.73 Å². The van der Waals surface area contributed by atoms with Crippen LogP contribution < -0.4 is 5.32 Å². The predicted molar refractivity (Wildman–Crippen MR) is 116 cm³/mol. The van der Waals surface area contributed by atoms with Gasteiger partial charge in [0.05, 0.1) is 10.6 Å². The van der Waals surface area contributed by atoms with Crippen molar-refractivity contribution in [1.29, 1.82) is 0 Å². The lowest BCUT2D eigenvalue weighted by Gasteiger charge is -2.12. The van der Waals surface area contributed by atoms with Crippen LogP contribution in [0.2, 0.25) is 5.02 Å². The van der Waals surface area contributed by atoms with Crippen LogP contribution in [0, 0.1) is 10.5 Å². The summed E-state index contributed by atoms with van der Waals surface area (Å²) in [4.78, 5) is 17.2. The van der Waals surface area contributed by atoms with Crippen LogP contribution in [0.1, 0.15) is 15.9 Å². The number of benzene rings is 3. The molecule has 0 radical (unpaired) electrons. The zero-order chi connectivity index (χ0) is 19.0. The summed E-state index contributed by atoms with van der Waals surface area (Å²) in [6, 6.07) is 18.6. The molecule has 0 saturated carbocycles. The topological polar surface area (TPSA) is 55.1 Å². The van der Waals surface area contributed by atoms with Crippen molar-refractivity contribution >= 4 is 56.9 Å². The Labute approximate surface area is 174 Å². The van der Waals surface area contributed by atoms with Crippen LogP contribution in [0.25, 0.3) is 22.6 Å². The molecule has 0 spiro atoms. The summed E-state index contributed by atoms with van der Waals surface area (Å²) in [5.41, 5.74) is 4.36. The van der Waals surface area contributed by atoms with Gasteiger partial charge in [-0.15, -0.1) is 0 Å². The molecule has 0 unspecified atom stereocenters. The first-order chi connectivity index (χ1) is 13.0. The summed E-state index contributed by atoms with van der Waals surface area (Å²) in [6.07, 6.45) is 0. The molecular weight excluding hydrogens is 475 g/mol. The molecule has 0 aliphatic carbocycles. The second-order valence-corrected chi connectivity index (χ2v) is 7.70. The van der Waals surface area contributed by atoms with Crippen molar-refractivity contribution in [1.82, 2.24) is 4.98 Å². The molecule has 3 aromatic carbocycles. The summed E-state index contributed by atoms with van der Waals surface area (Å²) >= 11 is 8.33. The van der Waals surface area contributed by atoms with Crippen molar-refractivity contribution in [2.24, 2.45) is 0 Å². The largest absolute Gasteiger partial charge is 0.436 e. The minimum Gasteiger partial charge on any atom is -0.436 e. The summed E-state index contributed by atoms with van der Waals surface area (Å²) in [6.45, 7) is 1.93. The minimum atomic E-state index is -0.253. The van der Waals surface area contributed by atoms with E-state index in [-0.39, 0.29) is 5.91 Å². The molecule has 0 saturated heterocycles. The molecule has 0 aliphatic rings. The van der Waals surface area contributed by atoms with Crippen molar-refractivity contribution in [3.8, 4) is 11.5 Å². The third-order valence-electron chi connectivity index (χ3n) is 4.28. The molecule has 4 rings (SSSR count). The van der Waals surface area contributed by atoms with Gasteiger partial charge in [-0.05, 0) is 77.5 Å². The molecular formula is C21H14ClIN2O2. The third kappa shape index (κ3) is 3.57. The Bertz CT molecular complexity index is 1140. The van der Waals surface area contributed by atoms with Crippen molar-refractivity contribution in [2.45, 2.75) is 6.92 Å². The molecule has 4 aromatic rings. The number of hydrogen-bond acceptors (Lipinski definition) is 3. The Morgan fingerprint density at radius 1 is 1.11 bits per heavy atom. The lowest BCUT2D eigenvalue weighted by molar-refractivity contribution is 0.102. The van der Waals surface area contributed by atoms with Gasteiger partial charge in [-0.3, -0.25) is 4.79 Å². The molecule has 1 heterocycles. The maximum absolute atomic E-state index is 12.7. The van der Waals surface area contributed by atoms with E-state index in [0.717, 1.165) is 25.8 Å². The Morgan fingerprint density at radius 3 is 2.74 bits per heavy atom. The van der Waals surface area contributed by atoms with Crippen LogP contribution in [0.4, 0.5) is 5.69 Å². The van der Waals surface area contributed by atoms with E-state index in [9.17, 15) is 4.79 Å². The van der Waals surface area contributed by atoms with E-state index < -0.39 is 0 Å². The van der Waals surface area contributed by atoms with E-state index in [4.69, 9.17) is 16.0 Å². The zero-order valence-electron chi connectivity index (χ0n) is 14.3. The van der Waals surface area contributed by atoms with Gasteiger partial charge >= 0.3 is 0 Å². The van der Waals surface area contributed by atoms with Gasteiger partial charge in [0.2, 0.25) is 5.89 Å². The first-order valence-corrected chi connectivity index (χ1v) is 9.70. The number of nitrogens with zero attached hydrogens (tertiary/aromatic N) is 1. The Hall–Kier alpha value is -2.38. The zero-order valence-corrected chi connectivity index (χ0v) is 17.2. The minimum absolute atomic E-state index is 0.253. The van der Waals surface area contributed by atoms with Crippen LogP contribution in [0.3, 0.4) is 0 Å². The average molecular weight is 489 g/mol. The van der Waals surface area contributed by atoms with Gasteiger partial charge in [-0.25, -0.2) is 4.98 Å². The van der Waals surface area contributed by atoms with Crippen molar-refractivity contribution in [3.05, 3.63) is 80.4 Å². The lowest BCUT2D eigenvalue weighted by atomic mass is 10.1. The SMILES string of the molecule is Cc1c(NC(=O)c2cc(I)ccc2Cl)cccc1-c1nc2ccccc2o1. The highest BCUT2D eigenvalue weighted by Crippen LogP contribution is 2.31. The van der Waals surface area contributed by atoms with Crippen LogP contribution >= 0.6 is 34.2 Å². The van der Waals surface area contributed by atoms with Gasteiger partial charge in [0.25, 0.3) is 5.91 Å². The summed E-state index contributed by atoms with van der Waals surface area (Å²) in [7, 11) is 0. The highest BCUT2D eigenvalue weighted by molar-refractivity contribution is 14.1. The van der Waals surface area contributed by atoms with E-state index in [2.05, 4.69) is 32.9 Å². The fourth-order valence-corrected chi connectivity index (χ4v) is 3.55. The molecule has 134 valence electrons. The number of nitrogens with one attached hydrogen (secondary N) is 1. The fourth-order valence-electron chi connectivity index (χ4n) is 2.85. The highest BCUT2D eigenvalue weighted by atomic mass is 127. The van der Waals surface area contributed by atoms with E-state index in [1.54, 1.807) is 12.1 Å². The number of anilines is 1. The first kappa shape index (κ1) is 18.0. The number of oxazole rings is 1. The Morgan fingerprint density at radius 2 is 1.93 bits per heavy atom. The number of carbonyl (C=O) groups excluding carboxylic acids is 1. The van der Waals surface area contributed by atoms with Gasteiger partial charge in [0.1, 0.15) is 5.52 Å². The van der Waals surface area contributed by atoms with Crippen LogP contribution in [-0.2, 0) is 0 Å². The van der Waals surface area contributed by atoms with Crippen LogP contribution in [0.15, 0.2) is 65.1 Å². The van der Waals surface area contributed by atoms with Gasteiger partial charge in [0.15, 0.2) is 5.58 Å². The van der Waals surface area contributed by atoms with Gasteiger partial charge in [-0.1, -0.05) is 29.8 Å². The Balaban J connectivity index is 1.69. The molecule has 1 N–H and O–H groups in total. The number of amides is 1. The van der Waals surface area contributed by atoms with Gasteiger partial charge in [0, 0.05) is 14.8 Å². The number of para-hydroxylation sites is 2. The van der Waals surface area contributed by atoms with E-state index in [1.807, 2.05) is 55.5 Å². The molecule has 4 nitrogen and oxygen atoms in total. The molecule has 1 amide bonds. The average Bonchev–Trinajstić information content (AvgIpc) is 3.09. The van der Waals surface area contributed by atoms with E-state index in [1.165, 1.54) is 0 Å². The summed E-state index contributed by atoms with van der Waals surface area (Å²) in [5.74, 6) is 0.272. The molecule has 6 heteroatoms. The van der Waals surface area contributed by atoms with Crippen molar-refractivity contribution < 1.29 is 9.21 Å². The molecule has 0 atom stereocenters. The van der Waals surface area contributed by atoms with Crippen molar-refractivity contribution in [2.75, 3.05) is 5.32 Å². The number of fused-ring (bicyclic) bond motifs is 1. The molecule has 0 fully saturated rings. The first-order valence-electron chi connectivity index (χ1n) is 8.25. The van der Waals surface area contributed by atoms with E-state index >= 15 is 0 Å². The number of carbonyl (C=O) groups is 1. The molecule has 0 aliphatic heterocycles. The maximum atomic E-state index is 12.7. The molecule has 0 bridgehead atoms. The Kier molecular flexibility index (Phi) is 4.88. The van der Waals surface area contributed by atoms with Crippen molar-refractivity contribution in [3.63, 3.8) is 0 Å². The van der Waals surface area contributed by atoms with Gasteiger partial charge in [-0.2, -0.15) is 0 Å². The maximum Gasteiger partial charge on any atom is 0.257 e. The second kappa shape index (κ2) is 7.32. The second-order valence-electron chi connectivity index (χ2n) is 6.04. The number of halogens is 2. The quantitative estimate of drug-likeness (QED) is 0.344. The van der Waals surface area contributed by atoms with E-state index in [0.29, 0.717) is 22.2 Å². The lowest BCUT2D eigenvalue weighted by Crippen LogP contribution is -2.13. The smallest absolute Gasteiger partial charge is 0.257 e. The monoisotopic (exact) mass is 488 g/mol. The predicted octanol–water partition coefficient (Wildman–Crippen LogP) is 6.31.